The monoisotopic (exact) mass is 403 g/mol. The third-order valence-corrected chi connectivity index (χ3v) is 6.45. The fourth-order valence-electron chi connectivity index (χ4n) is 5.23. The van der Waals surface area contributed by atoms with E-state index in [9.17, 15) is 15.0 Å². The van der Waals surface area contributed by atoms with Gasteiger partial charge in [0, 0.05) is 12.5 Å². The summed E-state index contributed by atoms with van der Waals surface area (Å²) in [6, 6.07) is 3.73. The number of likely N-dealkylation sites (N-methyl/N-ethyl adjacent to an activating group) is 1. The van der Waals surface area contributed by atoms with Gasteiger partial charge < -0.3 is 29.2 Å². The molecule has 1 aromatic carbocycles. The van der Waals surface area contributed by atoms with Gasteiger partial charge in [0.2, 0.25) is 6.79 Å². The molecule has 2 N–H and O–H groups in total. The predicted molar refractivity (Wildman–Crippen MR) is 100 cm³/mol. The highest BCUT2D eigenvalue weighted by atomic mass is 16.7. The molecular weight excluding hydrogens is 378 g/mol. The molecule has 0 unspecified atom stereocenters. The van der Waals surface area contributed by atoms with Gasteiger partial charge in [0.15, 0.2) is 17.3 Å². The van der Waals surface area contributed by atoms with Crippen LogP contribution >= 0.6 is 0 Å². The van der Waals surface area contributed by atoms with Crippen molar-refractivity contribution in [3.63, 3.8) is 0 Å². The van der Waals surface area contributed by atoms with Gasteiger partial charge in [0.25, 0.3) is 0 Å². The summed E-state index contributed by atoms with van der Waals surface area (Å²) >= 11 is 0. The summed E-state index contributed by atoms with van der Waals surface area (Å²) in [5, 5.41) is 20.9. The van der Waals surface area contributed by atoms with Crippen molar-refractivity contribution in [1.29, 1.82) is 0 Å². The van der Waals surface area contributed by atoms with Crippen LogP contribution in [-0.2, 0) is 26.3 Å². The number of carbonyl (C=O) groups excluding carboxylic acids is 1. The number of esters is 1. The van der Waals surface area contributed by atoms with Crippen molar-refractivity contribution in [2.45, 2.75) is 55.8 Å². The maximum Gasteiger partial charge on any atom is 0.308 e. The van der Waals surface area contributed by atoms with Crippen LogP contribution in [-0.4, -0.2) is 65.5 Å². The van der Waals surface area contributed by atoms with Gasteiger partial charge in [-0.05, 0) is 43.3 Å². The highest BCUT2D eigenvalue weighted by Crippen LogP contribution is 2.56. The Bertz CT molecular complexity index is 884. The number of β-amino-alcohol motifs (C(OH)–C–C–N with tert-alkyl or cyclic N) is 1. The molecule has 3 aliphatic heterocycles. The lowest BCUT2D eigenvalue weighted by molar-refractivity contribution is -0.236. The number of aliphatic hydroxyl groups is 2. The van der Waals surface area contributed by atoms with Crippen LogP contribution < -0.4 is 9.47 Å². The van der Waals surface area contributed by atoms with Gasteiger partial charge in [-0.25, -0.2) is 0 Å². The van der Waals surface area contributed by atoms with Crippen molar-refractivity contribution < 1.29 is 34.0 Å². The Morgan fingerprint density at radius 1 is 1.38 bits per heavy atom. The molecule has 0 aromatic heterocycles. The first-order valence-corrected chi connectivity index (χ1v) is 9.89. The lowest BCUT2D eigenvalue weighted by Gasteiger charge is -2.49. The largest absolute Gasteiger partial charge is 0.458 e. The van der Waals surface area contributed by atoms with E-state index in [0.29, 0.717) is 24.5 Å². The number of fused-ring (bicyclic) bond motifs is 2. The van der Waals surface area contributed by atoms with Gasteiger partial charge in [-0.1, -0.05) is 6.08 Å². The second-order valence-corrected chi connectivity index (χ2v) is 8.41. The lowest BCUT2D eigenvalue weighted by atomic mass is 9.64. The van der Waals surface area contributed by atoms with Crippen LogP contribution in [0.1, 0.15) is 30.9 Å². The first-order valence-electron chi connectivity index (χ1n) is 9.89. The average molecular weight is 403 g/mol. The van der Waals surface area contributed by atoms with Crippen LogP contribution in [0, 0.1) is 0 Å². The van der Waals surface area contributed by atoms with Crippen LogP contribution in [0.3, 0.4) is 0 Å². The zero-order valence-electron chi connectivity index (χ0n) is 16.5. The number of rotatable bonds is 3. The van der Waals surface area contributed by atoms with Gasteiger partial charge in [-0.2, -0.15) is 0 Å². The molecule has 0 bridgehead atoms. The highest BCUT2D eigenvalue weighted by molar-refractivity contribution is 5.70. The zero-order chi connectivity index (χ0) is 20.4. The van der Waals surface area contributed by atoms with Crippen molar-refractivity contribution in [3.05, 3.63) is 35.4 Å². The summed E-state index contributed by atoms with van der Waals surface area (Å²) in [6.45, 7) is 2.35. The van der Waals surface area contributed by atoms with Crippen LogP contribution in [0.2, 0.25) is 0 Å². The van der Waals surface area contributed by atoms with Crippen LogP contribution in [0.15, 0.2) is 24.3 Å². The Balaban J connectivity index is 1.55. The number of nitrogens with zero attached hydrogens (tertiary/aromatic N) is 1. The van der Waals surface area contributed by atoms with Crippen molar-refractivity contribution in [2.75, 3.05) is 20.4 Å². The number of carbonyl (C=O) groups is 1. The van der Waals surface area contributed by atoms with E-state index in [2.05, 4.69) is 4.90 Å². The van der Waals surface area contributed by atoms with Gasteiger partial charge in [0.05, 0.1) is 31.1 Å². The molecule has 29 heavy (non-hydrogen) atoms. The van der Waals surface area contributed by atoms with E-state index in [1.54, 1.807) is 6.92 Å². The summed E-state index contributed by atoms with van der Waals surface area (Å²) in [5.74, 6) is -0.486. The fourth-order valence-corrected chi connectivity index (χ4v) is 5.23. The maximum absolute atomic E-state index is 12.0. The summed E-state index contributed by atoms with van der Waals surface area (Å²) < 4.78 is 22.6. The second-order valence-electron chi connectivity index (χ2n) is 8.41. The molecule has 8 nitrogen and oxygen atoms in total. The number of benzene rings is 1. The van der Waals surface area contributed by atoms with E-state index in [1.807, 2.05) is 31.3 Å². The van der Waals surface area contributed by atoms with E-state index in [0.717, 1.165) is 11.1 Å². The Hall–Kier alpha value is -2.13. The topological polar surface area (TPSA) is 97.7 Å². The van der Waals surface area contributed by atoms with E-state index < -0.39 is 29.4 Å². The van der Waals surface area contributed by atoms with Crippen molar-refractivity contribution in [1.82, 2.24) is 4.90 Å². The van der Waals surface area contributed by atoms with Gasteiger partial charge in [-0.15, -0.1) is 0 Å². The minimum absolute atomic E-state index is 0.0463. The third kappa shape index (κ3) is 2.70. The Morgan fingerprint density at radius 3 is 2.90 bits per heavy atom. The van der Waals surface area contributed by atoms with E-state index in [1.165, 1.54) is 0 Å². The number of likely N-dealkylation sites (tertiary alicyclic amines) is 1. The molecule has 1 aromatic rings. The van der Waals surface area contributed by atoms with E-state index >= 15 is 0 Å². The molecule has 0 radical (unpaired) electrons. The Morgan fingerprint density at radius 2 is 2.14 bits per heavy atom. The molecule has 5 atom stereocenters. The van der Waals surface area contributed by atoms with Crippen molar-refractivity contribution in [3.8, 4) is 11.5 Å². The zero-order valence-corrected chi connectivity index (χ0v) is 16.5. The second kappa shape index (κ2) is 6.43. The maximum atomic E-state index is 12.0. The van der Waals surface area contributed by atoms with E-state index in [4.69, 9.17) is 18.9 Å². The van der Waals surface area contributed by atoms with Crippen LogP contribution in [0.5, 0.6) is 11.5 Å². The molecule has 0 saturated carbocycles. The van der Waals surface area contributed by atoms with E-state index in [-0.39, 0.29) is 25.9 Å². The molecule has 1 aliphatic carbocycles. The van der Waals surface area contributed by atoms with Crippen LogP contribution in [0.25, 0.3) is 0 Å². The number of hydrogen-bond acceptors (Lipinski definition) is 8. The lowest BCUT2D eigenvalue weighted by Crippen LogP contribution is -2.59. The Labute approximate surface area is 168 Å². The summed E-state index contributed by atoms with van der Waals surface area (Å²) in [4.78, 5) is 14.1. The molecule has 3 heterocycles. The quantitative estimate of drug-likeness (QED) is 0.566. The first-order chi connectivity index (χ1) is 13.8. The van der Waals surface area contributed by atoms with Crippen molar-refractivity contribution in [2.24, 2.45) is 0 Å². The highest BCUT2D eigenvalue weighted by Gasteiger charge is 2.66. The predicted octanol–water partition coefficient (Wildman–Crippen LogP) is 0.829. The molecule has 0 amide bonds. The third-order valence-electron chi connectivity index (χ3n) is 6.45. The standard InChI is InChI=1S/C21H25NO7/c1-12(23)5-19(24)29-14-3-4-20-15-8-17-16(26-11-27-17)6-13(15)9-28-21(20,25)10-22(2)18(20)7-14/h3-4,6,8,12,14,18,23,25H,5,7,9-11H2,1-2H3/t12-,14+,18-,20-,21+/m0/s1. The van der Waals surface area contributed by atoms with Crippen LogP contribution in [0.4, 0.5) is 0 Å². The molecular formula is C21H25NO7. The molecule has 156 valence electrons. The minimum Gasteiger partial charge on any atom is -0.458 e. The summed E-state index contributed by atoms with van der Waals surface area (Å²) in [7, 11) is 1.94. The smallest absolute Gasteiger partial charge is 0.308 e. The minimum atomic E-state index is -1.39. The fraction of sp³-hybridized carbons (Fsp3) is 0.571. The first kappa shape index (κ1) is 18.9. The normalized spacial score (nSPS) is 35.6. The molecule has 8 heteroatoms. The van der Waals surface area contributed by atoms with Crippen molar-refractivity contribution >= 4 is 5.97 Å². The summed E-state index contributed by atoms with van der Waals surface area (Å²) in [5.41, 5.74) is 1.10. The number of ether oxygens (including phenoxy) is 4. The molecule has 4 aliphatic rings. The molecule has 1 saturated heterocycles. The number of aliphatic hydroxyl groups excluding tert-OH is 1. The Kier molecular flexibility index (Phi) is 4.19. The number of hydrogen-bond donors (Lipinski definition) is 2. The van der Waals surface area contributed by atoms with Gasteiger partial charge in [0.1, 0.15) is 6.10 Å². The molecule has 5 rings (SSSR count). The summed E-state index contributed by atoms with van der Waals surface area (Å²) in [6.07, 6.45) is 3.03. The molecule has 1 spiro atoms. The van der Waals surface area contributed by atoms with Gasteiger partial charge in [-0.3, -0.25) is 9.69 Å². The van der Waals surface area contributed by atoms with Gasteiger partial charge >= 0.3 is 5.97 Å². The average Bonchev–Trinajstić information content (AvgIpc) is 3.19. The molecule has 1 fully saturated rings. The SMILES string of the molecule is C[C@H](O)CC(=O)O[C@@H]1C=C[C@@]23c4cc5c(cc4CO[C@]2(O)CN(C)[C@H]3C1)OCO5.